The molecule has 0 heterocycles. The first-order valence-electron chi connectivity index (χ1n) is 8.64. The van der Waals surface area contributed by atoms with E-state index in [1.165, 1.54) is 63.4 Å². The second-order valence-electron chi connectivity index (χ2n) is 6.61. The van der Waals surface area contributed by atoms with Crippen LogP contribution in [0.15, 0.2) is 18.2 Å². The van der Waals surface area contributed by atoms with Gasteiger partial charge in [-0.05, 0) is 55.2 Å². The third kappa shape index (κ3) is 4.74. The van der Waals surface area contributed by atoms with Crippen molar-refractivity contribution in [2.75, 3.05) is 0 Å². The number of rotatable bonds is 7. The van der Waals surface area contributed by atoms with Gasteiger partial charge in [0.1, 0.15) is 0 Å². The summed E-state index contributed by atoms with van der Waals surface area (Å²) in [5.41, 5.74) is 1.41. The van der Waals surface area contributed by atoms with E-state index in [0.29, 0.717) is 10.9 Å². The van der Waals surface area contributed by atoms with Crippen molar-refractivity contribution < 1.29 is 9.90 Å². The van der Waals surface area contributed by atoms with Gasteiger partial charge in [0, 0.05) is 0 Å². The average Bonchev–Trinajstić information content (AvgIpc) is 2.52. The van der Waals surface area contributed by atoms with Crippen molar-refractivity contribution in [2.24, 2.45) is 5.92 Å². The molecule has 0 aliphatic heterocycles. The predicted molar refractivity (Wildman–Crippen MR) is 91.9 cm³/mol. The molecule has 3 heteroatoms. The molecule has 1 aromatic rings. The van der Waals surface area contributed by atoms with E-state index in [1.54, 1.807) is 6.07 Å². The van der Waals surface area contributed by atoms with Gasteiger partial charge in [0.05, 0.1) is 10.6 Å². The van der Waals surface area contributed by atoms with Crippen LogP contribution in [0.2, 0.25) is 5.02 Å². The Morgan fingerprint density at radius 2 is 1.91 bits per heavy atom. The Balaban J connectivity index is 1.84. The van der Waals surface area contributed by atoms with Crippen molar-refractivity contribution in [1.82, 2.24) is 0 Å². The maximum absolute atomic E-state index is 11.0. The first kappa shape index (κ1) is 17.3. The van der Waals surface area contributed by atoms with Crippen LogP contribution in [0.5, 0.6) is 0 Å². The van der Waals surface area contributed by atoms with Crippen LogP contribution in [0.1, 0.15) is 86.6 Å². The lowest BCUT2D eigenvalue weighted by Gasteiger charge is -2.29. The van der Waals surface area contributed by atoms with Crippen LogP contribution in [0.25, 0.3) is 0 Å². The van der Waals surface area contributed by atoms with Crippen LogP contribution >= 0.6 is 11.6 Å². The fourth-order valence-corrected chi connectivity index (χ4v) is 3.87. The van der Waals surface area contributed by atoms with Crippen molar-refractivity contribution in [3.05, 3.63) is 34.3 Å². The van der Waals surface area contributed by atoms with E-state index in [1.807, 2.05) is 12.1 Å². The predicted octanol–water partition coefficient (Wildman–Crippen LogP) is 6.28. The summed E-state index contributed by atoms with van der Waals surface area (Å²) in [5, 5.41) is 9.41. The molecular weight excluding hydrogens is 296 g/mol. The van der Waals surface area contributed by atoms with Crippen molar-refractivity contribution in [1.29, 1.82) is 0 Å². The normalized spacial score (nSPS) is 21.7. The molecule has 122 valence electrons. The summed E-state index contributed by atoms with van der Waals surface area (Å²) in [5.74, 6) is 0.487. The second-order valence-corrected chi connectivity index (χ2v) is 7.02. The minimum Gasteiger partial charge on any atom is -0.478 e. The molecule has 1 aliphatic carbocycles. The van der Waals surface area contributed by atoms with Crippen molar-refractivity contribution in [3.63, 3.8) is 0 Å². The van der Waals surface area contributed by atoms with Crippen LogP contribution in [0, 0.1) is 5.92 Å². The summed E-state index contributed by atoms with van der Waals surface area (Å²) in [6.07, 6.45) is 11.8. The fourth-order valence-electron chi connectivity index (χ4n) is 3.60. The number of benzene rings is 1. The van der Waals surface area contributed by atoms with Gasteiger partial charge in [-0.2, -0.15) is 0 Å². The zero-order valence-electron chi connectivity index (χ0n) is 13.5. The third-order valence-corrected chi connectivity index (χ3v) is 5.32. The van der Waals surface area contributed by atoms with E-state index in [-0.39, 0.29) is 5.56 Å². The second kappa shape index (κ2) is 8.57. The van der Waals surface area contributed by atoms with Crippen LogP contribution < -0.4 is 0 Å². The number of hydrogen-bond acceptors (Lipinski definition) is 1. The molecule has 1 saturated carbocycles. The number of hydrogen-bond donors (Lipinski definition) is 1. The zero-order valence-corrected chi connectivity index (χ0v) is 14.2. The van der Waals surface area contributed by atoms with Crippen molar-refractivity contribution in [2.45, 2.75) is 70.6 Å². The van der Waals surface area contributed by atoms with E-state index in [4.69, 9.17) is 16.7 Å². The quantitative estimate of drug-likeness (QED) is 0.599. The zero-order chi connectivity index (χ0) is 15.9. The Morgan fingerprint density at radius 1 is 1.18 bits per heavy atom. The van der Waals surface area contributed by atoms with Crippen molar-refractivity contribution >= 4 is 17.6 Å². The molecule has 22 heavy (non-hydrogen) atoms. The van der Waals surface area contributed by atoms with Crippen LogP contribution in [0.4, 0.5) is 0 Å². The van der Waals surface area contributed by atoms with Crippen LogP contribution in [-0.4, -0.2) is 11.1 Å². The molecule has 2 rings (SSSR count). The fraction of sp³-hybridized carbons (Fsp3) is 0.632. The summed E-state index contributed by atoms with van der Waals surface area (Å²) in [6, 6.07) is 5.45. The molecule has 2 nitrogen and oxygen atoms in total. The highest BCUT2D eigenvalue weighted by Gasteiger charge is 2.23. The molecule has 0 spiro atoms. The first-order valence-corrected chi connectivity index (χ1v) is 9.02. The van der Waals surface area contributed by atoms with Gasteiger partial charge in [-0.15, -0.1) is 0 Å². The van der Waals surface area contributed by atoms with Gasteiger partial charge in [-0.3, -0.25) is 0 Å². The molecule has 0 bridgehead atoms. The summed E-state index contributed by atoms with van der Waals surface area (Å²) in [4.78, 5) is 11.0. The maximum Gasteiger partial charge on any atom is 0.337 e. The Morgan fingerprint density at radius 3 is 2.50 bits per heavy atom. The number of carbonyl (C=O) groups is 1. The molecule has 0 atom stereocenters. The highest BCUT2D eigenvalue weighted by atomic mass is 35.5. The lowest BCUT2D eigenvalue weighted by atomic mass is 9.77. The van der Waals surface area contributed by atoms with E-state index in [9.17, 15) is 4.79 Å². The summed E-state index contributed by atoms with van der Waals surface area (Å²) in [7, 11) is 0. The Hall–Kier alpha value is -1.02. The van der Waals surface area contributed by atoms with Gasteiger partial charge in [-0.25, -0.2) is 4.79 Å². The summed E-state index contributed by atoms with van der Waals surface area (Å²) < 4.78 is 0. The lowest BCUT2D eigenvalue weighted by Crippen LogP contribution is -2.13. The smallest absolute Gasteiger partial charge is 0.337 e. The van der Waals surface area contributed by atoms with Gasteiger partial charge in [0.15, 0.2) is 0 Å². The van der Waals surface area contributed by atoms with E-state index in [0.717, 1.165) is 5.92 Å². The first-order chi connectivity index (χ1) is 10.6. The topological polar surface area (TPSA) is 37.3 Å². The lowest BCUT2D eigenvalue weighted by molar-refractivity contribution is 0.0697. The molecule has 1 N–H and O–H groups in total. The number of halogens is 1. The SMILES string of the molecule is CCCCCCC1CCC(c2ccc(C(=O)O)c(Cl)c2)CC1. The van der Waals surface area contributed by atoms with Gasteiger partial charge < -0.3 is 5.11 Å². The molecule has 1 aliphatic rings. The molecule has 0 unspecified atom stereocenters. The van der Waals surface area contributed by atoms with E-state index in [2.05, 4.69) is 6.92 Å². The molecule has 0 aromatic heterocycles. The van der Waals surface area contributed by atoms with Crippen LogP contribution in [-0.2, 0) is 0 Å². The molecule has 1 fully saturated rings. The van der Waals surface area contributed by atoms with Gasteiger partial charge >= 0.3 is 5.97 Å². The Bertz CT molecular complexity index is 490. The molecule has 1 aromatic carbocycles. The Kier molecular flexibility index (Phi) is 6.75. The standard InChI is InChI=1S/C19H27ClO2/c1-2-3-4-5-6-14-7-9-15(10-8-14)16-11-12-17(19(21)22)18(20)13-16/h11-15H,2-10H2,1H3,(H,21,22). The average molecular weight is 323 g/mol. The molecular formula is C19H27ClO2. The maximum atomic E-state index is 11.0. The van der Waals surface area contributed by atoms with E-state index < -0.39 is 5.97 Å². The minimum atomic E-state index is -0.952. The largest absolute Gasteiger partial charge is 0.478 e. The molecule has 0 radical (unpaired) electrons. The summed E-state index contributed by atoms with van der Waals surface area (Å²) in [6.45, 7) is 2.26. The number of unbranched alkanes of at least 4 members (excludes halogenated alkanes) is 3. The highest BCUT2D eigenvalue weighted by Crippen LogP contribution is 2.38. The Labute approximate surface area is 138 Å². The minimum absolute atomic E-state index is 0.204. The summed E-state index contributed by atoms with van der Waals surface area (Å²) >= 11 is 6.09. The highest BCUT2D eigenvalue weighted by molar-refractivity contribution is 6.33. The number of carboxylic acids is 1. The number of carboxylic acid groups (broad SMARTS) is 1. The van der Waals surface area contributed by atoms with Gasteiger partial charge in [0.2, 0.25) is 0 Å². The molecule has 0 saturated heterocycles. The van der Waals surface area contributed by atoms with Gasteiger partial charge in [0.25, 0.3) is 0 Å². The van der Waals surface area contributed by atoms with E-state index >= 15 is 0 Å². The van der Waals surface area contributed by atoms with Gasteiger partial charge in [-0.1, -0.05) is 56.7 Å². The monoisotopic (exact) mass is 322 g/mol. The van der Waals surface area contributed by atoms with Crippen LogP contribution in [0.3, 0.4) is 0 Å². The third-order valence-electron chi connectivity index (χ3n) is 5.01. The number of aromatic carboxylic acids is 1. The van der Waals surface area contributed by atoms with Crippen molar-refractivity contribution in [3.8, 4) is 0 Å². The molecule has 0 amide bonds.